The molecule has 1 atom stereocenters. The van der Waals surface area contributed by atoms with E-state index in [4.69, 9.17) is 9.15 Å². The summed E-state index contributed by atoms with van der Waals surface area (Å²) in [6.45, 7) is 3.98. The number of benzene rings is 2. The number of hydrogen-bond donors (Lipinski definition) is 1. The summed E-state index contributed by atoms with van der Waals surface area (Å²) in [4.78, 5) is 12.2. The molecule has 0 bridgehead atoms. The van der Waals surface area contributed by atoms with E-state index in [1.807, 2.05) is 31.2 Å². The Bertz CT molecular complexity index is 930. The van der Waals surface area contributed by atoms with E-state index in [1.165, 1.54) is 6.07 Å². The molecule has 0 aliphatic heterocycles. The Morgan fingerprint density at radius 2 is 1.96 bits per heavy atom. The number of halogens is 1. The summed E-state index contributed by atoms with van der Waals surface area (Å²) in [5.41, 5.74) is 1.58. The molecule has 3 rings (SSSR count). The molecular formula is C20H20FN3O3S. The SMILES string of the molecule is Cc1ccc(OCc2nnc(SC(C)C(=O)NCc3ccccc3F)o2)cc1. The van der Waals surface area contributed by atoms with Crippen LogP contribution in [0.5, 0.6) is 5.75 Å². The molecule has 0 aliphatic rings. The fourth-order valence-electron chi connectivity index (χ4n) is 2.30. The summed E-state index contributed by atoms with van der Waals surface area (Å²) in [6.07, 6.45) is 0. The zero-order chi connectivity index (χ0) is 19.9. The number of aromatic nitrogens is 2. The lowest BCUT2D eigenvalue weighted by Crippen LogP contribution is -2.30. The zero-order valence-electron chi connectivity index (χ0n) is 15.5. The number of carbonyl (C=O) groups excluding carboxylic acids is 1. The minimum atomic E-state index is -0.474. The summed E-state index contributed by atoms with van der Waals surface area (Å²) < 4.78 is 24.7. The van der Waals surface area contributed by atoms with Crippen molar-refractivity contribution in [2.45, 2.75) is 37.5 Å². The first kappa shape index (κ1) is 19.9. The van der Waals surface area contributed by atoms with Gasteiger partial charge in [-0.25, -0.2) is 4.39 Å². The van der Waals surface area contributed by atoms with Gasteiger partial charge in [0.15, 0.2) is 6.61 Å². The van der Waals surface area contributed by atoms with Crippen LogP contribution in [0.3, 0.4) is 0 Å². The van der Waals surface area contributed by atoms with E-state index in [9.17, 15) is 9.18 Å². The van der Waals surface area contributed by atoms with Gasteiger partial charge in [0.2, 0.25) is 5.91 Å². The van der Waals surface area contributed by atoms with Gasteiger partial charge in [-0.3, -0.25) is 4.79 Å². The average Bonchev–Trinajstić information content (AvgIpc) is 3.14. The van der Waals surface area contributed by atoms with Crippen LogP contribution in [0.4, 0.5) is 4.39 Å². The third-order valence-corrected chi connectivity index (χ3v) is 4.82. The number of nitrogens with one attached hydrogen (secondary N) is 1. The number of aryl methyl sites for hydroxylation is 1. The monoisotopic (exact) mass is 401 g/mol. The van der Waals surface area contributed by atoms with Crippen molar-refractivity contribution in [2.24, 2.45) is 0 Å². The molecule has 0 radical (unpaired) electrons. The van der Waals surface area contributed by atoms with Crippen molar-refractivity contribution in [3.8, 4) is 5.75 Å². The van der Waals surface area contributed by atoms with E-state index in [1.54, 1.807) is 25.1 Å². The number of hydrogen-bond acceptors (Lipinski definition) is 6. The van der Waals surface area contributed by atoms with Crippen LogP contribution >= 0.6 is 11.8 Å². The van der Waals surface area contributed by atoms with Gasteiger partial charge in [0, 0.05) is 12.1 Å². The van der Waals surface area contributed by atoms with Crippen molar-refractivity contribution in [3.63, 3.8) is 0 Å². The molecule has 0 aliphatic carbocycles. The molecule has 28 heavy (non-hydrogen) atoms. The molecule has 0 saturated carbocycles. The second-order valence-corrected chi connectivity index (χ2v) is 7.42. The molecular weight excluding hydrogens is 381 g/mol. The highest BCUT2D eigenvalue weighted by Gasteiger charge is 2.18. The van der Waals surface area contributed by atoms with E-state index in [0.717, 1.165) is 17.3 Å². The third-order valence-electron chi connectivity index (χ3n) is 3.89. The van der Waals surface area contributed by atoms with Crippen LogP contribution in [0.1, 0.15) is 23.9 Å². The fraction of sp³-hybridized carbons (Fsp3) is 0.250. The molecule has 1 unspecified atom stereocenters. The number of thioether (sulfide) groups is 1. The van der Waals surface area contributed by atoms with E-state index >= 15 is 0 Å². The maximum Gasteiger partial charge on any atom is 0.277 e. The predicted molar refractivity (Wildman–Crippen MR) is 103 cm³/mol. The summed E-state index contributed by atoms with van der Waals surface area (Å²) in [5.74, 6) is 0.433. The number of carbonyl (C=O) groups is 1. The van der Waals surface area contributed by atoms with Gasteiger partial charge in [-0.15, -0.1) is 10.2 Å². The van der Waals surface area contributed by atoms with Gasteiger partial charge in [-0.05, 0) is 32.0 Å². The van der Waals surface area contributed by atoms with E-state index in [0.29, 0.717) is 17.2 Å². The molecule has 0 saturated heterocycles. The maximum absolute atomic E-state index is 13.6. The van der Waals surface area contributed by atoms with Gasteiger partial charge in [-0.2, -0.15) is 0 Å². The fourth-order valence-corrected chi connectivity index (χ4v) is 3.02. The van der Waals surface area contributed by atoms with Crippen LogP contribution in [0.2, 0.25) is 0 Å². The standard InChI is InChI=1S/C20H20FN3O3S/c1-13-7-9-16(10-8-13)26-12-18-23-24-20(27-18)28-14(2)19(25)22-11-15-5-3-4-6-17(15)21/h3-10,14H,11-12H2,1-2H3,(H,22,25). The van der Waals surface area contributed by atoms with Crippen molar-refractivity contribution < 1.29 is 18.3 Å². The highest BCUT2D eigenvalue weighted by atomic mass is 32.2. The largest absolute Gasteiger partial charge is 0.484 e. The Hall–Kier alpha value is -2.87. The van der Waals surface area contributed by atoms with Crippen LogP contribution < -0.4 is 10.1 Å². The first-order valence-corrected chi connectivity index (χ1v) is 9.59. The molecule has 1 aromatic heterocycles. The second-order valence-electron chi connectivity index (χ2n) is 6.13. The molecule has 1 amide bonds. The smallest absolute Gasteiger partial charge is 0.277 e. The normalized spacial score (nSPS) is 11.8. The number of amides is 1. The summed E-state index contributed by atoms with van der Waals surface area (Å²) in [5, 5.41) is 10.3. The van der Waals surface area contributed by atoms with Gasteiger partial charge in [0.25, 0.3) is 11.1 Å². The second kappa shape index (κ2) is 9.36. The van der Waals surface area contributed by atoms with Crippen LogP contribution in [0, 0.1) is 12.7 Å². The average molecular weight is 401 g/mol. The van der Waals surface area contributed by atoms with Crippen molar-refractivity contribution in [1.29, 1.82) is 0 Å². The van der Waals surface area contributed by atoms with Crippen molar-refractivity contribution in [2.75, 3.05) is 0 Å². The number of rotatable bonds is 8. The quantitative estimate of drug-likeness (QED) is 0.577. The minimum absolute atomic E-state index is 0.121. The highest BCUT2D eigenvalue weighted by molar-refractivity contribution is 8.00. The lowest BCUT2D eigenvalue weighted by molar-refractivity contribution is -0.120. The van der Waals surface area contributed by atoms with E-state index in [2.05, 4.69) is 15.5 Å². The van der Waals surface area contributed by atoms with Gasteiger partial charge in [-0.1, -0.05) is 47.7 Å². The highest BCUT2D eigenvalue weighted by Crippen LogP contribution is 2.22. The Balaban J connectivity index is 1.47. The number of ether oxygens (including phenoxy) is 1. The molecule has 3 aromatic rings. The first-order chi connectivity index (χ1) is 13.5. The molecule has 146 valence electrons. The Morgan fingerprint density at radius 3 is 2.71 bits per heavy atom. The van der Waals surface area contributed by atoms with Gasteiger partial charge in [0.05, 0.1) is 5.25 Å². The van der Waals surface area contributed by atoms with Crippen LogP contribution in [-0.2, 0) is 17.9 Å². The van der Waals surface area contributed by atoms with Crippen molar-refractivity contribution >= 4 is 17.7 Å². The van der Waals surface area contributed by atoms with Crippen molar-refractivity contribution in [3.05, 3.63) is 71.4 Å². The molecule has 0 fully saturated rings. The van der Waals surface area contributed by atoms with Crippen LogP contribution in [0.25, 0.3) is 0 Å². The summed E-state index contributed by atoms with van der Waals surface area (Å²) in [6, 6.07) is 13.9. The molecule has 0 spiro atoms. The molecule has 1 N–H and O–H groups in total. The van der Waals surface area contributed by atoms with E-state index in [-0.39, 0.29) is 30.1 Å². The number of nitrogens with zero attached hydrogens (tertiary/aromatic N) is 2. The predicted octanol–water partition coefficient (Wildman–Crippen LogP) is 3.89. The lowest BCUT2D eigenvalue weighted by atomic mass is 10.2. The van der Waals surface area contributed by atoms with Gasteiger partial charge >= 0.3 is 0 Å². The molecule has 1 heterocycles. The zero-order valence-corrected chi connectivity index (χ0v) is 16.3. The first-order valence-electron chi connectivity index (χ1n) is 8.71. The Kier molecular flexibility index (Phi) is 6.65. The topological polar surface area (TPSA) is 77.2 Å². The third kappa shape index (κ3) is 5.56. The molecule has 6 nitrogen and oxygen atoms in total. The van der Waals surface area contributed by atoms with Crippen LogP contribution in [-0.4, -0.2) is 21.4 Å². The van der Waals surface area contributed by atoms with Gasteiger partial charge < -0.3 is 14.5 Å². The Labute approximate surface area is 166 Å². The summed E-state index contributed by atoms with van der Waals surface area (Å²) >= 11 is 1.13. The minimum Gasteiger partial charge on any atom is -0.484 e. The van der Waals surface area contributed by atoms with E-state index < -0.39 is 5.25 Å². The maximum atomic E-state index is 13.6. The summed E-state index contributed by atoms with van der Waals surface area (Å²) in [7, 11) is 0. The molecule has 8 heteroatoms. The Morgan fingerprint density at radius 1 is 1.21 bits per heavy atom. The lowest BCUT2D eigenvalue weighted by Gasteiger charge is -2.10. The van der Waals surface area contributed by atoms with Gasteiger partial charge in [0.1, 0.15) is 11.6 Å². The molecule has 2 aromatic carbocycles. The van der Waals surface area contributed by atoms with Crippen molar-refractivity contribution in [1.82, 2.24) is 15.5 Å². The van der Waals surface area contributed by atoms with Crippen LogP contribution in [0.15, 0.2) is 58.2 Å².